The van der Waals surface area contributed by atoms with E-state index in [0.717, 1.165) is 0 Å². The Morgan fingerprint density at radius 1 is 1.35 bits per heavy atom. The van der Waals surface area contributed by atoms with Crippen molar-refractivity contribution in [3.05, 3.63) is 24.4 Å². The molecule has 8 heteroatoms. The molecule has 0 aliphatic carbocycles. The molecule has 2 unspecified atom stereocenters. The maximum Gasteiger partial charge on any atom is 0.170 e. The molecule has 0 aromatic rings. The van der Waals surface area contributed by atoms with Crippen LogP contribution in [0.3, 0.4) is 0 Å². The van der Waals surface area contributed by atoms with Gasteiger partial charge in [-0.3, -0.25) is 0 Å². The van der Waals surface area contributed by atoms with Gasteiger partial charge in [-0.05, 0) is 19.9 Å². The second-order valence-electron chi connectivity index (χ2n) is 4.39. The number of ether oxygens (including phenoxy) is 4. The van der Waals surface area contributed by atoms with Crippen LogP contribution >= 0.6 is 0 Å². The highest BCUT2D eigenvalue weighted by atomic mass is 17.2. The molecule has 1 rings (SSSR count). The van der Waals surface area contributed by atoms with E-state index < -0.39 is 6.10 Å². The third kappa shape index (κ3) is 8.19. The fourth-order valence-corrected chi connectivity index (χ4v) is 1.82. The molecular weight excluding hydrogens is 308 g/mol. The minimum atomic E-state index is -0.441. The molecule has 0 saturated heterocycles. The Bertz CT molecular complexity index is 344. The molecule has 1 heterocycles. The first-order valence-corrected chi connectivity index (χ1v) is 7.56. The van der Waals surface area contributed by atoms with E-state index in [0.29, 0.717) is 45.4 Å². The largest absolute Gasteiger partial charge is 0.495 e. The predicted octanol–water partition coefficient (Wildman–Crippen LogP) is 1.72. The van der Waals surface area contributed by atoms with Crippen LogP contribution in [0.15, 0.2) is 24.4 Å². The molecular formula is C15H26O8. The lowest BCUT2D eigenvalue weighted by atomic mass is 10.1. The van der Waals surface area contributed by atoms with Crippen molar-refractivity contribution in [2.24, 2.45) is 0 Å². The first kappa shape index (κ1) is 19.7. The first-order chi connectivity index (χ1) is 11.3. The highest BCUT2D eigenvalue weighted by molar-refractivity contribution is 5.01. The summed E-state index contributed by atoms with van der Waals surface area (Å²) in [5.74, 6) is 0.472. The molecule has 0 aromatic heterocycles. The Morgan fingerprint density at radius 3 is 2.96 bits per heavy atom. The zero-order valence-corrected chi connectivity index (χ0v) is 13.9. The highest BCUT2D eigenvalue weighted by Gasteiger charge is 2.29. The molecule has 0 aromatic carbocycles. The second-order valence-corrected chi connectivity index (χ2v) is 4.39. The molecule has 1 aliphatic heterocycles. The summed E-state index contributed by atoms with van der Waals surface area (Å²) in [6, 6.07) is 0. The van der Waals surface area contributed by atoms with Crippen LogP contribution in [0.4, 0.5) is 0 Å². The average Bonchev–Trinajstić information content (AvgIpc) is 2.53. The minimum Gasteiger partial charge on any atom is -0.495 e. The predicted molar refractivity (Wildman–Crippen MR) is 80.0 cm³/mol. The fourth-order valence-electron chi connectivity index (χ4n) is 1.82. The van der Waals surface area contributed by atoms with Crippen molar-refractivity contribution in [1.29, 1.82) is 0 Å². The van der Waals surface area contributed by atoms with E-state index in [4.69, 9.17) is 38.5 Å². The van der Waals surface area contributed by atoms with Crippen molar-refractivity contribution in [1.82, 2.24) is 0 Å². The third-order valence-electron chi connectivity index (χ3n) is 2.78. The lowest BCUT2D eigenvalue weighted by Crippen LogP contribution is -2.39. The first-order valence-electron chi connectivity index (χ1n) is 7.56. The van der Waals surface area contributed by atoms with Gasteiger partial charge in [0.2, 0.25) is 0 Å². The van der Waals surface area contributed by atoms with E-state index in [9.17, 15) is 0 Å². The lowest BCUT2D eigenvalue weighted by molar-refractivity contribution is -0.270. The van der Waals surface area contributed by atoms with Crippen LogP contribution in [0, 0.1) is 0 Å². The van der Waals surface area contributed by atoms with Gasteiger partial charge in [-0.25, -0.2) is 0 Å². The number of rotatable bonds is 11. The molecule has 1 aliphatic rings. The van der Waals surface area contributed by atoms with E-state index in [2.05, 4.69) is 0 Å². The monoisotopic (exact) mass is 334 g/mol. The van der Waals surface area contributed by atoms with Crippen molar-refractivity contribution in [2.45, 2.75) is 26.1 Å². The molecule has 0 amide bonds. The summed E-state index contributed by atoms with van der Waals surface area (Å²) < 4.78 is 22.3. The molecule has 0 N–H and O–H groups in total. The smallest absolute Gasteiger partial charge is 0.170 e. The zero-order chi connectivity index (χ0) is 16.8. The standard InChI is InChI=1S/C15H26O8/c1-4-6-20-21-9-7-17-11-14(18-5-2)15-13(16-3)12-23-22-10-8-19-15/h4,6,12,14-15H,5,7-11H2,1-3H3/b6-4+,13-12?. The normalized spacial score (nSPS) is 20.3. The maximum absolute atomic E-state index is 5.74. The van der Waals surface area contributed by atoms with Crippen LogP contribution < -0.4 is 0 Å². The SMILES string of the molecule is C/C=C/OOCCOCC(OCC)C1OCCOOC=C1OC. The minimum absolute atomic E-state index is 0.304. The summed E-state index contributed by atoms with van der Waals surface area (Å²) in [6.45, 7) is 5.90. The zero-order valence-electron chi connectivity index (χ0n) is 13.9. The van der Waals surface area contributed by atoms with E-state index in [1.54, 1.807) is 6.08 Å². The highest BCUT2D eigenvalue weighted by Crippen LogP contribution is 2.17. The van der Waals surface area contributed by atoms with Gasteiger partial charge in [-0.15, -0.1) is 0 Å². The number of hydrogen-bond donors (Lipinski definition) is 0. The third-order valence-corrected chi connectivity index (χ3v) is 2.78. The molecule has 23 heavy (non-hydrogen) atoms. The van der Waals surface area contributed by atoms with Crippen LogP contribution in [0.25, 0.3) is 0 Å². The topological polar surface area (TPSA) is 73.8 Å². The number of allylic oxidation sites excluding steroid dienone is 1. The molecule has 8 nitrogen and oxygen atoms in total. The summed E-state index contributed by atoms with van der Waals surface area (Å²) >= 11 is 0. The molecule has 0 bridgehead atoms. The quantitative estimate of drug-likeness (QED) is 0.245. The van der Waals surface area contributed by atoms with Crippen LogP contribution in [-0.2, 0) is 38.5 Å². The summed E-state index contributed by atoms with van der Waals surface area (Å²) in [5.41, 5.74) is 0. The van der Waals surface area contributed by atoms with E-state index in [1.807, 2.05) is 13.8 Å². The summed E-state index contributed by atoms with van der Waals surface area (Å²) in [6.07, 6.45) is 3.75. The van der Waals surface area contributed by atoms with Crippen LogP contribution in [0.2, 0.25) is 0 Å². The van der Waals surface area contributed by atoms with Crippen molar-refractivity contribution in [3.8, 4) is 0 Å². The van der Waals surface area contributed by atoms with Gasteiger partial charge < -0.3 is 28.7 Å². The Morgan fingerprint density at radius 2 is 2.22 bits per heavy atom. The van der Waals surface area contributed by atoms with Crippen molar-refractivity contribution in [2.75, 3.05) is 46.8 Å². The van der Waals surface area contributed by atoms with Crippen LogP contribution in [-0.4, -0.2) is 59.0 Å². The average molecular weight is 334 g/mol. The Balaban J connectivity index is 2.45. The molecule has 2 atom stereocenters. The van der Waals surface area contributed by atoms with Crippen molar-refractivity contribution < 1.29 is 38.5 Å². The van der Waals surface area contributed by atoms with Crippen LogP contribution in [0.5, 0.6) is 0 Å². The molecule has 0 saturated carbocycles. The van der Waals surface area contributed by atoms with E-state index in [1.165, 1.54) is 19.6 Å². The molecule has 134 valence electrons. The van der Waals surface area contributed by atoms with Gasteiger partial charge in [0.05, 0.1) is 26.9 Å². The van der Waals surface area contributed by atoms with Gasteiger partial charge in [0.25, 0.3) is 0 Å². The Hall–Kier alpha value is -1.32. The van der Waals surface area contributed by atoms with Gasteiger partial charge >= 0.3 is 0 Å². The molecule has 0 radical (unpaired) electrons. The maximum atomic E-state index is 5.74. The van der Waals surface area contributed by atoms with Crippen molar-refractivity contribution in [3.63, 3.8) is 0 Å². The fraction of sp³-hybridized carbons (Fsp3) is 0.733. The van der Waals surface area contributed by atoms with E-state index >= 15 is 0 Å². The Kier molecular flexibility index (Phi) is 11.3. The number of methoxy groups -OCH3 is 1. The van der Waals surface area contributed by atoms with E-state index in [-0.39, 0.29) is 6.10 Å². The summed E-state index contributed by atoms with van der Waals surface area (Å²) in [4.78, 5) is 19.4. The summed E-state index contributed by atoms with van der Waals surface area (Å²) in [7, 11) is 1.53. The van der Waals surface area contributed by atoms with Gasteiger partial charge in [-0.1, -0.05) is 0 Å². The molecule has 0 fully saturated rings. The summed E-state index contributed by atoms with van der Waals surface area (Å²) in [5, 5.41) is 0. The Labute approximate surface area is 136 Å². The molecule has 0 spiro atoms. The van der Waals surface area contributed by atoms with Gasteiger partial charge in [-0.2, -0.15) is 9.78 Å². The number of hydrogen-bond acceptors (Lipinski definition) is 8. The second kappa shape index (κ2) is 13.1. The van der Waals surface area contributed by atoms with Gasteiger partial charge in [0, 0.05) is 6.61 Å². The van der Waals surface area contributed by atoms with Crippen molar-refractivity contribution >= 4 is 0 Å². The van der Waals surface area contributed by atoms with Crippen LogP contribution in [0.1, 0.15) is 13.8 Å². The van der Waals surface area contributed by atoms with Gasteiger partial charge in [0.15, 0.2) is 12.0 Å². The lowest BCUT2D eigenvalue weighted by Gasteiger charge is -2.28. The van der Waals surface area contributed by atoms with Gasteiger partial charge in [0.1, 0.15) is 31.7 Å².